The van der Waals surface area contributed by atoms with Gasteiger partial charge in [-0.05, 0) is 12.2 Å². The van der Waals surface area contributed by atoms with Crippen LogP contribution in [0.2, 0.25) is 5.02 Å². The Kier molecular flexibility index (Phi) is 6.74. The lowest BCUT2D eigenvalue weighted by molar-refractivity contribution is -0.138. The standard InChI is InChI=1S/C12H16ClN3O3S/c1-3-7(4-9(17)18)5-14-11(19)10-8(13)6-15-12(16-10)20-2/h6-7H,3-5H2,1-2H3,(H,14,19)(H,17,18). The number of nitrogens with one attached hydrogen (secondary N) is 1. The number of carbonyl (C=O) groups is 2. The van der Waals surface area contributed by atoms with Gasteiger partial charge in [-0.25, -0.2) is 9.97 Å². The van der Waals surface area contributed by atoms with Crippen molar-refractivity contribution >= 4 is 35.2 Å². The van der Waals surface area contributed by atoms with Crippen LogP contribution in [-0.4, -0.2) is 39.8 Å². The summed E-state index contributed by atoms with van der Waals surface area (Å²) in [5.74, 6) is -1.41. The number of thioether (sulfide) groups is 1. The number of hydrogen-bond acceptors (Lipinski definition) is 5. The minimum absolute atomic E-state index is 0.0182. The number of aromatic nitrogens is 2. The molecule has 0 bridgehead atoms. The monoisotopic (exact) mass is 317 g/mol. The van der Waals surface area contributed by atoms with Gasteiger partial charge in [-0.3, -0.25) is 9.59 Å². The van der Waals surface area contributed by atoms with E-state index in [2.05, 4.69) is 15.3 Å². The van der Waals surface area contributed by atoms with E-state index in [1.807, 2.05) is 6.92 Å². The maximum atomic E-state index is 12.0. The number of rotatable bonds is 7. The lowest BCUT2D eigenvalue weighted by Gasteiger charge is -2.13. The van der Waals surface area contributed by atoms with E-state index in [-0.39, 0.29) is 29.6 Å². The molecule has 6 nitrogen and oxygen atoms in total. The highest BCUT2D eigenvalue weighted by atomic mass is 35.5. The summed E-state index contributed by atoms with van der Waals surface area (Å²) in [4.78, 5) is 30.7. The predicted octanol–water partition coefficient (Wildman–Crippen LogP) is 2.08. The molecule has 0 saturated carbocycles. The molecule has 0 fully saturated rings. The van der Waals surface area contributed by atoms with Gasteiger partial charge in [-0.1, -0.05) is 36.7 Å². The third-order valence-corrected chi connectivity index (χ3v) is 3.55. The van der Waals surface area contributed by atoms with Crippen molar-refractivity contribution in [2.24, 2.45) is 5.92 Å². The summed E-state index contributed by atoms with van der Waals surface area (Å²) in [6, 6.07) is 0. The van der Waals surface area contributed by atoms with E-state index in [0.29, 0.717) is 11.6 Å². The van der Waals surface area contributed by atoms with Crippen LogP contribution in [0, 0.1) is 5.92 Å². The van der Waals surface area contributed by atoms with Crippen LogP contribution in [0.4, 0.5) is 0 Å². The molecule has 1 aromatic rings. The van der Waals surface area contributed by atoms with Gasteiger partial charge in [0.2, 0.25) is 0 Å². The molecule has 1 heterocycles. The van der Waals surface area contributed by atoms with Gasteiger partial charge in [-0.15, -0.1) is 0 Å². The van der Waals surface area contributed by atoms with Gasteiger partial charge in [-0.2, -0.15) is 0 Å². The van der Waals surface area contributed by atoms with Crippen molar-refractivity contribution in [2.75, 3.05) is 12.8 Å². The van der Waals surface area contributed by atoms with E-state index < -0.39 is 11.9 Å². The number of amides is 1. The fourth-order valence-corrected chi connectivity index (χ4v) is 2.05. The largest absolute Gasteiger partial charge is 0.481 e. The molecule has 0 aliphatic heterocycles. The Labute approximate surface area is 126 Å². The first kappa shape index (κ1) is 16.7. The molecule has 0 aromatic carbocycles. The molecule has 0 saturated heterocycles. The van der Waals surface area contributed by atoms with Crippen molar-refractivity contribution in [2.45, 2.75) is 24.9 Å². The Morgan fingerprint density at radius 3 is 2.80 bits per heavy atom. The summed E-state index contributed by atoms with van der Waals surface area (Å²) in [5, 5.41) is 12.0. The van der Waals surface area contributed by atoms with Crippen molar-refractivity contribution in [3.05, 3.63) is 16.9 Å². The maximum Gasteiger partial charge on any atom is 0.303 e. The predicted molar refractivity (Wildman–Crippen MR) is 77.2 cm³/mol. The van der Waals surface area contributed by atoms with Crippen LogP contribution in [0.15, 0.2) is 11.4 Å². The molecule has 1 atom stereocenters. The summed E-state index contributed by atoms with van der Waals surface area (Å²) in [6.45, 7) is 2.15. The lowest BCUT2D eigenvalue weighted by atomic mass is 10.0. The highest BCUT2D eigenvalue weighted by Crippen LogP contribution is 2.16. The number of nitrogens with zero attached hydrogens (tertiary/aromatic N) is 2. The molecule has 110 valence electrons. The first-order valence-electron chi connectivity index (χ1n) is 6.04. The molecule has 0 aliphatic carbocycles. The Balaban J connectivity index is 2.68. The van der Waals surface area contributed by atoms with E-state index >= 15 is 0 Å². The van der Waals surface area contributed by atoms with Crippen LogP contribution in [-0.2, 0) is 4.79 Å². The minimum Gasteiger partial charge on any atom is -0.481 e. The van der Waals surface area contributed by atoms with Crippen LogP contribution in [0.3, 0.4) is 0 Å². The zero-order valence-electron chi connectivity index (χ0n) is 11.2. The first-order chi connectivity index (χ1) is 9.47. The van der Waals surface area contributed by atoms with Crippen LogP contribution in [0.1, 0.15) is 30.3 Å². The molecule has 1 amide bonds. The van der Waals surface area contributed by atoms with Crippen LogP contribution in [0.5, 0.6) is 0 Å². The summed E-state index contributed by atoms with van der Waals surface area (Å²) in [7, 11) is 0. The smallest absolute Gasteiger partial charge is 0.303 e. The van der Waals surface area contributed by atoms with Gasteiger partial charge in [0.1, 0.15) is 0 Å². The van der Waals surface area contributed by atoms with Gasteiger partial charge in [0.05, 0.1) is 11.2 Å². The average Bonchev–Trinajstić information content (AvgIpc) is 2.43. The SMILES string of the molecule is CCC(CNC(=O)c1nc(SC)ncc1Cl)CC(=O)O. The molecule has 1 unspecified atom stereocenters. The Hall–Kier alpha value is -1.34. The second-order valence-electron chi connectivity index (χ2n) is 4.14. The molecule has 0 spiro atoms. The molecule has 1 rings (SSSR count). The number of carbonyl (C=O) groups excluding carboxylic acids is 1. The quantitative estimate of drug-likeness (QED) is 0.591. The third-order valence-electron chi connectivity index (χ3n) is 2.71. The van der Waals surface area contributed by atoms with Gasteiger partial charge >= 0.3 is 5.97 Å². The summed E-state index contributed by atoms with van der Waals surface area (Å²) in [6.07, 6.45) is 3.86. The second-order valence-corrected chi connectivity index (χ2v) is 5.32. The highest BCUT2D eigenvalue weighted by molar-refractivity contribution is 7.98. The Morgan fingerprint density at radius 2 is 2.25 bits per heavy atom. The van der Waals surface area contributed by atoms with Crippen LogP contribution in [0.25, 0.3) is 0 Å². The number of carboxylic acid groups (broad SMARTS) is 1. The summed E-state index contributed by atoms with van der Waals surface area (Å²) < 4.78 is 0. The number of halogens is 1. The molecular weight excluding hydrogens is 302 g/mol. The van der Waals surface area contributed by atoms with Gasteiger partial charge in [0, 0.05) is 13.0 Å². The first-order valence-corrected chi connectivity index (χ1v) is 7.64. The average molecular weight is 318 g/mol. The zero-order valence-corrected chi connectivity index (χ0v) is 12.8. The molecular formula is C12H16ClN3O3S. The second kappa shape index (κ2) is 8.06. The molecule has 0 radical (unpaired) electrons. The minimum atomic E-state index is -0.879. The fourth-order valence-electron chi connectivity index (χ4n) is 1.54. The maximum absolute atomic E-state index is 12.0. The van der Waals surface area contributed by atoms with E-state index in [1.54, 1.807) is 6.26 Å². The summed E-state index contributed by atoms with van der Waals surface area (Å²) >= 11 is 7.20. The van der Waals surface area contributed by atoms with Crippen molar-refractivity contribution in [3.63, 3.8) is 0 Å². The Bertz CT molecular complexity index is 499. The lowest BCUT2D eigenvalue weighted by Crippen LogP contribution is -2.31. The van der Waals surface area contributed by atoms with Crippen LogP contribution < -0.4 is 5.32 Å². The van der Waals surface area contributed by atoms with Crippen molar-refractivity contribution < 1.29 is 14.7 Å². The normalized spacial score (nSPS) is 11.9. The molecule has 2 N–H and O–H groups in total. The van der Waals surface area contributed by atoms with Gasteiger partial charge < -0.3 is 10.4 Å². The molecule has 20 heavy (non-hydrogen) atoms. The van der Waals surface area contributed by atoms with E-state index in [4.69, 9.17) is 16.7 Å². The zero-order chi connectivity index (χ0) is 15.1. The highest BCUT2D eigenvalue weighted by Gasteiger charge is 2.17. The molecule has 0 aliphatic rings. The number of carboxylic acids is 1. The van der Waals surface area contributed by atoms with E-state index in [0.717, 1.165) is 0 Å². The third kappa shape index (κ3) is 4.97. The van der Waals surface area contributed by atoms with Crippen LogP contribution >= 0.6 is 23.4 Å². The van der Waals surface area contributed by atoms with E-state index in [9.17, 15) is 9.59 Å². The molecule has 8 heteroatoms. The van der Waals surface area contributed by atoms with E-state index in [1.165, 1.54) is 18.0 Å². The Morgan fingerprint density at radius 1 is 1.55 bits per heavy atom. The molecule has 1 aromatic heterocycles. The topological polar surface area (TPSA) is 92.2 Å². The summed E-state index contributed by atoms with van der Waals surface area (Å²) in [5.41, 5.74) is 0.108. The van der Waals surface area contributed by atoms with Crippen molar-refractivity contribution in [1.29, 1.82) is 0 Å². The number of hydrogen-bond donors (Lipinski definition) is 2. The van der Waals surface area contributed by atoms with Gasteiger partial charge in [0.15, 0.2) is 10.9 Å². The number of aliphatic carboxylic acids is 1. The van der Waals surface area contributed by atoms with Crippen molar-refractivity contribution in [3.8, 4) is 0 Å². The fraction of sp³-hybridized carbons (Fsp3) is 0.500. The van der Waals surface area contributed by atoms with Gasteiger partial charge in [0.25, 0.3) is 5.91 Å². The van der Waals surface area contributed by atoms with Crippen molar-refractivity contribution in [1.82, 2.24) is 15.3 Å².